The van der Waals surface area contributed by atoms with E-state index in [1.165, 1.54) is 89.1 Å². The summed E-state index contributed by atoms with van der Waals surface area (Å²) in [5, 5.41) is 2.31. The van der Waals surface area contributed by atoms with E-state index in [1.54, 1.807) is 0 Å². The largest absolute Gasteiger partial charge is 0.449 e. The Hall–Kier alpha value is -5.70. The second-order valence-corrected chi connectivity index (χ2v) is 21.9. The van der Waals surface area contributed by atoms with Gasteiger partial charge < -0.3 is 4.42 Å². The highest BCUT2D eigenvalue weighted by Gasteiger charge is 2.44. The van der Waals surface area contributed by atoms with Crippen LogP contribution in [0.3, 0.4) is 0 Å². The maximum absolute atomic E-state index is 7.33. The molecular formula is C60H62NO+. The molecule has 0 aliphatic heterocycles. The average Bonchev–Trinajstić information content (AvgIpc) is 3.81. The van der Waals surface area contributed by atoms with Crippen molar-refractivity contribution in [2.24, 2.45) is 0 Å². The van der Waals surface area contributed by atoms with E-state index in [4.69, 9.17) is 4.42 Å². The van der Waals surface area contributed by atoms with Gasteiger partial charge in [-0.3, -0.25) is 0 Å². The van der Waals surface area contributed by atoms with E-state index in [-0.39, 0.29) is 27.6 Å². The molecule has 62 heavy (non-hydrogen) atoms. The lowest BCUT2D eigenvalue weighted by molar-refractivity contribution is 0.588. The highest BCUT2D eigenvalue weighted by atomic mass is 16.3. The third kappa shape index (κ3) is 5.78. The number of hydrogen-bond acceptors (Lipinski definition) is 1. The van der Waals surface area contributed by atoms with Gasteiger partial charge in [-0.25, -0.2) is 4.48 Å². The second-order valence-electron chi connectivity index (χ2n) is 21.9. The quantitative estimate of drug-likeness (QED) is 0.158. The fraction of sp³-hybridized carbons (Fsp3) is 0.300. The molecule has 0 fully saturated rings. The Kier molecular flexibility index (Phi) is 8.73. The standard InChI is InChI=1S/C60H62NO/c1-36(2)46-32-38(37-24-26-39(27-25-37)57(3,4)5)33-47-44-19-16-23-53(56(44)62-55(46)47)61(13,40-28-30-43-42-18-14-15-20-48(42)59(9,10)51(43)34-40)41-29-31-45-52(35-41)60(11,12)50-22-17-21-49(54(45)50)58(6,7)8/h14-36H,1-13H3/q+1. The molecule has 0 N–H and O–H groups in total. The van der Waals surface area contributed by atoms with Crippen LogP contribution in [-0.4, -0.2) is 7.05 Å². The van der Waals surface area contributed by atoms with Gasteiger partial charge in [-0.2, -0.15) is 0 Å². The molecule has 0 amide bonds. The van der Waals surface area contributed by atoms with Crippen molar-refractivity contribution in [2.75, 3.05) is 7.05 Å². The molecule has 1 heterocycles. The molecule has 2 aliphatic carbocycles. The average molecular weight is 813 g/mol. The fourth-order valence-electron chi connectivity index (χ4n) is 11.1. The zero-order valence-corrected chi connectivity index (χ0v) is 39.1. The maximum Gasteiger partial charge on any atom is 0.196 e. The van der Waals surface area contributed by atoms with Gasteiger partial charge in [0.05, 0.1) is 7.05 Å². The second kappa shape index (κ2) is 13.4. The normalized spacial score (nSPS) is 16.0. The van der Waals surface area contributed by atoms with Crippen LogP contribution in [-0.2, 0) is 21.7 Å². The number of fused-ring (bicyclic) bond motifs is 9. The molecule has 1 unspecified atom stereocenters. The Morgan fingerprint density at radius 3 is 1.76 bits per heavy atom. The van der Waals surface area contributed by atoms with E-state index in [2.05, 4.69) is 224 Å². The van der Waals surface area contributed by atoms with Gasteiger partial charge in [0.25, 0.3) is 0 Å². The van der Waals surface area contributed by atoms with E-state index < -0.39 is 0 Å². The van der Waals surface area contributed by atoms with Crippen molar-refractivity contribution in [1.82, 2.24) is 4.48 Å². The lowest BCUT2D eigenvalue weighted by Gasteiger charge is -2.35. The molecule has 0 saturated carbocycles. The van der Waals surface area contributed by atoms with Gasteiger partial charge in [0.2, 0.25) is 0 Å². The van der Waals surface area contributed by atoms with Crippen molar-refractivity contribution in [3.63, 3.8) is 0 Å². The molecule has 1 atom stereocenters. The predicted octanol–water partition coefficient (Wildman–Crippen LogP) is 17.2. The third-order valence-corrected chi connectivity index (χ3v) is 14.9. The monoisotopic (exact) mass is 812 g/mol. The van der Waals surface area contributed by atoms with Crippen molar-refractivity contribution in [3.8, 4) is 33.4 Å². The first-order chi connectivity index (χ1) is 29.2. The number of rotatable bonds is 5. The summed E-state index contributed by atoms with van der Waals surface area (Å²) >= 11 is 0. The molecule has 8 aromatic rings. The van der Waals surface area contributed by atoms with Gasteiger partial charge in [-0.15, -0.1) is 0 Å². The lowest BCUT2D eigenvalue weighted by Crippen LogP contribution is -2.34. The summed E-state index contributed by atoms with van der Waals surface area (Å²) < 4.78 is 7.77. The van der Waals surface area contributed by atoms with E-state index in [1.807, 2.05) is 0 Å². The molecule has 312 valence electrons. The number of para-hydroxylation sites is 1. The van der Waals surface area contributed by atoms with Crippen LogP contribution in [0, 0.1) is 0 Å². The minimum atomic E-state index is -0.173. The Morgan fingerprint density at radius 1 is 0.500 bits per heavy atom. The van der Waals surface area contributed by atoms with Crippen LogP contribution >= 0.6 is 0 Å². The highest BCUT2D eigenvalue weighted by molar-refractivity contribution is 6.11. The first-order valence-electron chi connectivity index (χ1n) is 22.7. The Labute approximate surface area is 369 Å². The van der Waals surface area contributed by atoms with Crippen LogP contribution in [0.25, 0.3) is 55.3 Å². The van der Waals surface area contributed by atoms with E-state index in [0.717, 1.165) is 22.2 Å². The van der Waals surface area contributed by atoms with Crippen LogP contribution in [0.15, 0.2) is 138 Å². The fourth-order valence-corrected chi connectivity index (χ4v) is 11.1. The van der Waals surface area contributed by atoms with Crippen molar-refractivity contribution < 1.29 is 4.42 Å². The summed E-state index contributed by atoms with van der Waals surface area (Å²) in [6, 6.07) is 51.2. The molecule has 0 saturated heterocycles. The van der Waals surface area contributed by atoms with Crippen LogP contribution in [0.4, 0.5) is 17.1 Å². The van der Waals surface area contributed by atoms with E-state index in [9.17, 15) is 0 Å². The Balaban J connectivity index is 1.24. The van der Waals surface area contributed by atoms with Crippen LogP contribution < -0.4 is 4.48 Å². The number of hydrogen-bond donors (Lipinski definition) is 0. The molecule has 2 nitrogen and oxygen atoms in total. The van der Waals surface area contributed by atoms with Crippen LogP contribution in [0.2, 0.25) is 0 Å². The van der Waals surface area contributed by atoms with Crippen molar-refractivity contribution in [3.05, 3.63) is 172 Å². The first kappa shape index (κ1) is 40.4. The zero-order chi connectivity index (χ0) is 43.9. The van der Waals surface area contributed by atoms with E-state index in [0.29, 0.717) is 4.48 Å². The van der Waals surface area contributed by atoms with Gasteiger partial charge in [-0.05, 0) is 113 Å². The molecule has 10 rings (SSSR count). The third-order valence-electron chi connectivity index (χ3n) is 14.9. The number of furan rings is 1. The van der Waals surface area contributed by atoms with E-state index >= 15 is 0 Å². The molecule has 0 spiro atoms. The maximum atomic E-state index is 7.33. The molecule has 0 bridgehead atoms. The summed E-state index contributed by atoms with van der Waals surface area (Å²) in [6.45, 7) is 28.0. The Morgan fingerprint density at radius 2 is 1.10 bits per heavy atom. The summed E-state index contributed by atoms with van der Waals surface area (Å²) in [5.41, 5.74) is 22.7. The molecule has 0 radical (unpaired) electrons. The van der Waals surface area contributed by atoms with Crippen molar-refractivity contribution in [2.45, 2.75) is 111 Å². The zero-order valence-electron chi connectivity index (χ0n) is 39.1. The number of benzene rings is 7. The minimum absolute atomic E-state index is 0.0165. The summed E-state index contributed by atoms with van der Waals surface area (Å²) in [5.74, 6) is 0.273. The molecular weight excluding hydrogens is 751 g/mol. The summed E-state index contributed by atoms with van der Waals surface area (Å²) in [7, 11) is 2.39. The lowest BCUT2D eigenvalue weighted by atomic mass is 9.79. The topological polar surface area (TPSA) is 13.1 Å². The van der Waals surface area contributed by atoms with Crippen LogP contribution in [0.5, 0.6) is 0 Å². The van der Waals surface area contributed by atoms with Crippen LogP contribution in [0.1, 0.15) is 128 Å². The van der Waals surface area contributed by atoms with Crippen molar-refractivity contribution in [1.29, 1.82) is 0 Å². The molecule has 1 aromatic heterocycles. The summed E-state index contributed by atoms with van der Waals surface area (Å²) in [4.78, 5) is 0. The molecule has 2 heteroatoms. The predicted molar refractivity (Wildman–Crippen MR) is 266 cm³/mol. The SMILES string of the molecule is CC(C)c1cc(-c2ccc(C(C)(C)C)cc2)cc2c1oc1c([N+](C)(c3ccc4c(c3)C(C)(C)c3ccccc3-4)c3ccc4c(c3)C(C)(C)c3cccc(C(C)(C)C)c3-4)cccc12. The van der Waals surface area contributed by atoms with Crippen molar-refractivity contribution >= 4 is 39.0 Å². The van der Waals surface area contributed by atoms with Gasteiger partial charge in [-0.1, -0.05) is 162 Å². The van der Waals surface area contributed by atoms with Gasteiger partial charge in [0.15, 0.2) is 11.3 Å². The minimum Gasteiger partial charge on any atom is -0.449 e. The smallest absolute Gasteiger partial charge is 0.196 e. The molecule has 2 aliphatic rings. The summed E-state index contributed by atoms with van der Waals surface area (Å²) in [6.07, 6.45) is 0. The van der Waals surface area contributed by atoms with Gasteiger partial charge in [0.1, 0.15) is 17.0 Å². The highest BCUT2D eigenvalue weighted by Crippen LogP contribution is 2.57. The Bertz CT molecular complexity index is 3120. The number of quaternary nitrogens is 1. The van der Waals surface area contributed by atoms with Gasteiger partial charge in [0, 0.05) is 51.9 Å². The first-order valence-corrected chi connectivity index (χ1v) is 22.7. The number of nitrogens with zero attached hydrogens (tertiary/aromatic N) is 1. The molecule has 7 aromatic carbocycles. The van der Waals surface area contributed by atoms with Gasteiger partial charge >= 0.3 is 0 Å².